The molecule has 1 N–H and O–H groups in total. The van der Waals surface area contributed by atoms with E-state index < -0.39 is 20.5 Å². The van der Waals surface area contributed by atoms with Crippen LogP contribution in [0, 0.1) is 0 Å². The minimum Gasteiger partial charge on any atom is -0.423 e. The molecule has 2 rings (SSSR count). The first kappa shape index (κ1) is 9.27. The van der Waals surface area contributed by atoms with Gasteiger partial charge in [0.1, 0.15) is 0 Å². The molecule has 0 bridgehead atoms. The number of carbonyl (C=O) groups is 1. The van der Waals surface area contributed by atoms with Gasteiger partial charge in [-0.15, -0.1) is 4.89 Å². The zero-order chi connectivity index (χ0) is 10.1. The van der Waals surface area contributed by atoms with Crippen LogP contribution in [0.3, 0.4) is 0 Å². The first-order valence-electron chi connectivity index (χ1n) is 3.81. The van der Waals surface area contributed by atoms with Crippen molar-refractivity contribution in [3.05, 3.63) is 35.4 Å². The SMILES string of the molecule is O=C1OC(O[P+](=O)O)c2ccccc21. The number of hydrogen-bond acceptors (Lipinski definition) is 4. The summed E-state index contributed by atoms with van der Waals surface area (Å²) < 4.78 is 19.7. The average Bonchev–Trinajstić information content (AvgIpc) is 2.44. The van der Waals surface area contributed by atoms with Crippen LogP contribution in [0.2, 0.25) is 0 Å². The van der Waals surface area contributed by atoms with Gasteiger partial charge in [-0.3, -0.25) is 0 Å². The van der Waals surface area contributed by atoms with Crippen molar-refractivity contribution in [3.63, 3.8) is 0 Å². The van der Waals surface area contributed by atoms with Gasteiger partial charge in [-0.25, -0.2) is 4.79 Å². The van der Waals surface area contributed by atoms with Crippen LogP contribution in [0.4, 0.5) is 0 Å². The van der Waals surface area contributed by atoms with Crippen LogP contribution >= 0.6 is 8.25 Å². The number of esters is 1. The van der Waals surface area contributed by atoms with Crippen LogP contribution in [0.1, 0.15) is 22.2 Å². The second-order valence-electron chi connectivity index (χ2n) is 2.67. The lowest BCUT2D eigenvalue weighted by atomic mass is 10.1. The van der Waals surface area contributed by atoms with Gasteiger partial charge in [0, 0.05) is 10.1 Å². The molecule has 0 saturated heterocycles. The molecule has 1 aliphatic heterocycles. The van der Waals surface area contributed by atoms with Gasteiger partial charge in [0.25, 0.3) is 6.29 Å². The average molecular weight is 213 g/mol. The highest BCUT2D eigenvalue weighted by Gasteiger charge is 2.37. The van der Waals surface area contributed by atoms with Crippen molar-refractivity contribution in [2.45, 2.75) is 6.29 Å². The molecule has 2 unspecified atom stereocenters. The molecule has 1 heterocycles. The number of hydrogen-bond donors (Lipinski definition) is 1. The number of ether oxygens (including phenoxy) is 1. The zero-order valence-electron chi connectivity index (χ0n) is 6.91. The maximum atomic E-state index is 11.2. The van der Waals surface area contributed by atoms with Crippen molar-refractivity contribution in [1.29, 1.82) is 0 Å². The highest BCUT2D eigenvalue weighted by Crippen LogP contribution is 2.36. The minimum absolute atomic E-state index is 0.370. The molecule has 14 heavy (non-hydrogen) atoms. The summed E-state index contributed by atoms with van der Waals surface area (Å²) in [4.78, 5) is 19.7. The van der Waals surface area contributed by atoms with E-state index in [-0.39, 0.29) is 0 Å². The molecular weight excluding hydrogens is 207 g/mol. The molecule has 6 heteroatoms. The minimum atomic E-state index is -2.78. The lowest BCUT2D eigenvalue weighted by Gasteiger charge is -2.00. The van der Waals surface area contributed by atoms with Crippen molar-refractivity contribution >= 4 is 14.2 Å². The predicted molar refractivity (Wildman–Crippen MR) is 45.5 cm³/mol. The molecule has 0 saturated carbocycles. The van der Waals surface area contributed by atoms with Gasteiger partial charge in [0.2, 0.25) is 0 Å². The lowest BCUT2D eigenvalue weighted by molar-refractivity contribution is -0.0388. The first-order chi connectivity index (χ1) is 6.68. The quantitative estimate of drug-likeness (QED) is 0.595. The Morgan fingerprint density at radius 2 is 2.14 bits per heavy atom. The Hall–Kier alpha value is -1.29. The Morgan fingerprint density at radius 3 is 2.86 bits per heavy atom. The fraction of sp³-hybridized carbons (Fsp3) is 0.125. The number of cyclic esters (lactones) is 1. The predicted octanol–water partition coefficient (Wildman–Crippen LogP) is 1.52. The van der Waals surface area contributed by atoms with Crippen LogP contribution in [-0.4, -0.2) is 10.9 Å². The molecule has 1 aliphatic rings. The van der Waals surface area contributed by atoms with E-state index in [1.54, 1.807) is 24.3 Å². The molecule has 0 spiro atoms. The van der Waals surface area contributed by atoms with E-state index in [1.807, 2.05) is 0 Å². The van der Waals surface area contributed by atoms with E-state index in [2.05, 4.69) is 4.52 Å². The molecule has 1 aromatic rings. The Bertz CT molecular complexity index is 400. The maximum Gasteiger partial charge on any atom is 0.698 e. The fourth-order valence-electron chi connectivity index (χ4n) is 1.27. The molecular formula is C8H6O5P+. The third kappa shape index (κ3) is 1.53. The molecule has 2 atom stereocenters. The molecule has 0 radical (unpaired) electrons. The standard InChI is InChI=1S/C8H5O5P/c9-7-5-3-1-2-4-6(5)8(12-7)13-14(10)11/h1-4,8H/p+1. The molecule has 0 fully saturated rings. The summed E-state index contributed by atoms with van der Waals surface area (Å²) in [5.74, 6) is -0.539. The van der Waals surface area contributed by atoms with Crippen LogP contribution in [0.15, 0.2) is 24.3 Å². The maximum absolute atomic E-state index is 11.2. The first-order valence-corrected chi connectivity index (χ1v) is 4.94. The van der Waals surface area contributed by atoms with Crippen molar-refractivity contribution in [2.24, 2.45) is 0 Å². The Balaban J connectivity index is 2.34. The molecule has 5 nitrogen and oxygen atoms in total. The van der Waals surface area contributed by atoms with E-state index in [9.17, 15) is 9.36 Å². The highest BCUT2D eigenvalue weighted by molar-refractivity contribution is 7.32. The van der Waals surface area contributed by atoms with Crippen molar-refractivity contribution < 1.29 is 23.5 Å². The molecule has 0 aromatic heterocycles. The van der Waals surface area contributed by atoms with Gasteiger partial charge in [0.05, 0.1) is 5.56 Å². The second kappa shape index (κ2) is 3.46. The summed E-state index contributed by atoms with van der Waals surface area (Å²) in [6.45, 7) is 0. The van der Waals surface area contributed by atoms with Crippen LogP contribution < -0.4 is 0 Å². The van der Waals surface area contributed by atoms with E-state index in [0.29, 0.717) is 11.1 Å². The summed E-state index contributed by atoms with van der Waals surface area (Å²) in [7, 11) is -2.78. The summed E-state index contributed by atoms with van der Waals surface area (Å²) in [6, 6.07) is 6.57. The number of fused-ring (bicyclic) bond motifs is 1. The molecule has 1 aromatic carbocycles. The Labute approximate surface area is 80.2 Å². The summed E-state index contributed by atoms with van der Waals surface area (Å²) in [5.41, 5.74) is 0.851. The zero-order valence-corrected chi connectivity index (χ0v) is 7.81. The van der Waals surface area contributed by atoms with Gasteiger partial charge in [-0.2, -0.15) is 0 Å². The van der Waals surface area contributed by atoms with E-state index in [1.165, 1.54) is 0 Å². The highest BCUT2D eigenvalue weighted by atomic mass is 31.1. The number of benzene rings is 1. The molecule has 0 amide bonds. The van der Waals surface area contributed by atoms with Crippen LogP contribution in [0.5, 0.6) is 0 Å². The number of carbonyl (C=O) groups excluding carboxylic acids is 1. The van der Waals surface area contributed by atoms with Gasteiger partial charge >= 0.3 is 14.2 Å². The van der Waals surface area contributed by atoms with Gasteiger partial charge in [0.15, 0.2) is 0 Å². The van der Waals surface area contributed by atoms with Crippen molar-refractivity contribution in [3.8, 4) is 0 Å². The monoisotopic (exact) mass is 213 g/mol. The van der Waals surface area contributed by atoms with E-state index in [0.717, 1.165) is 0 Å². The number of rotatable bonds is 2. The third-order valence-electron chi connectivity index (χ3n) is 1.83. The molecule has 72 valence electrons. The van der Waals surface area contributed by atoms with Crippen LogP contribution in [0.25, 0.3) is 0 Å². The summed E-state index contributed by atoms with van der Waals surface area (Å²) in [6.07, 6.45) is -1.06. The summed E-state index contributed by atoms with van der Waals surface area (Å²) >= 11 is 0. The van der Waals surface area contributed by atoms with Gasteiger partial charge in [-0.1, -0.05) is 22.7 Å². The normalized spacial score (nSPS) is 20.2. The third-order valence-corrected chi connectivity index (χ3v) is 2.21. The van der Waals surface area contributed by atoms with Crippen molar-refractivity contribution in [1.82, 2.24) is 0 Å². The summed E-state index contributed by atoms with van der Waals surface area (Å²) in [5, 5.41) is 0. The molecule has 0 aliphatic carbocycles. The topological polar surface area (TPSA) is 72.8 Å². The van der Waals surface area contributed by atoms with E-state index in [4.69, 9.17) is 9.63 Å². The van der Waals surface area contributed by atoms with Crippen molar-refractivity contribution in [2.75, 3.05) is 0 Å². The van der Waals surface area contributed by atoms with Gasteiger partial charge < -0.3 is 4.74 Å². The second-order valence-corrected chi connectivity index (χ2v) is 3.35. The van der Waals surface area contributed by atoms with E-state index >= 15 is 0 Å². The lowest BCUT2D eigenvalue weighted by Crippen LogP contribution is -1.98. The van der Waals surface area contributed by atoms with Crippen LogP contribution in [-0.2, 0) is 13.8 Å². The Morgan fingerprint density at radius 1 is 1.43 bits per heavy atom. The largest absolute Gasteiger partial charge is 0.698 e. The fourth-order valence-corrected chi connectivity index (χ4v) is 1.59. The van der Waals surface area contributed by atoms with Gasteiger partial charge in [-0.05, 0) is 6.07 Å². The Kier molecular flexibility index (Phi) is 2.29. The smallest absolute Gasteiger partial charge is 0.423 e.